The fraction of sp³-hybridized carbons (Fsp3) is 0.102. The first-order valence-electron chi connectivity index (χ1n) is 17.8. The van der Waals surface area contributed by atoms with E-state index < -0.39 is 0 Å². The van der Waals surface area contributed by atoms with Crippen LogP contribution in [0.3, 0.4) is 0 Å². The van der Waals surface area contributed by atoms with Crippen LogP contribution in [0.2, 0.25) is 0 Å². The predicted octanol–water partition coefficient (Wildman–Crippen LogP) is 12.9. The molecule has 0 amide bonds. The minimum atomic E-state index is 0.0154. The van der Waals surface area contributed by atoms with Crippen molar-refractivity contribution in [2.45, 2.75) is 32.1 Å². The van der Waals surface area contributed by atoms with E-state index in [0.29, 0.717) is 0 Å². The Morgan fingerprint density at radius 1 is 0.725 bits per heavy atom. The Bertz CT molecular complexity index is 2400. The van der Waals surface area contributed by atoms with Crippen LogP contribution in [0.4, 0.5) is 0 Å². The number of hydrogen-bond acceptors (Lipinski definition) is 2. The van der Waals surface area contributed by atoms with Gasteiger partial charge in [-0.15, -0.1) is 0 Å². The summed E-state index contributed by atoms with van der Waals surface area (Å²) in [5.74, 6) is 0.0154. The van der Waals surface area contributed by atoms with Gasteiger partial charge in [-0.05, 0) is 112 Å². The van der Waals surface area contributed by atoms with Crippen molar-refractivity contribution in [3.8, 4) is 22.3 Å². The quantitative estimate of drug-likeness (QED) is 0.157. The second-order valence-electron chi connectivity index (χ2n) is 13.3. The van der Waals surface area contributed by atoms with Crippen LogP contribution in [0.1, 0.15) is 54.4 Å². The Morgan fingerprint density at radius 2 is 1.49 bits per heavy atom. The summed E-state index contributed by atoms with van der Waals surface area (Å²) in [5.41, 5.74) is 15.9. The van der Waals surface area contributed by atoms with Gasteiger partial charge < -0.3 is 0 Å². The summed E-state index contributed by atoms with van der Waals surface area (Å²) < 4.78 is 0. The van der Waals surface area contributed by atoms with Crippen LogP contribution >= 0.6 is 0 Å². The van der Waals surface area contributed by atoms with E-state index in [1.807, 2.05) is 18.5 Å². The number of fused-ring (bicyclic) bond motifs is 3. The second-order valence-corrected chi connectivity index (χ2v) is 13.3. The van der Waals surface area contributed by atoms with Gasteiger partial charge in [-0.3, -0.25) is 9.98 Å². The van der Waals surface area contributed by atoms with E-state index in [-0.39, 0.29) is 5.92 Å². The minimum absolute atomic E-state index is 0.0154. The minimum Gasteiger partial charge on any atom is -0.264 e. The number of benzene rings is 5. The van der Waals surface area contributed by atoms with E-state index >= 15 is 0 Å². The van der Waals surface area contributed by atoms with Crippen LogP contribution in [0.25, 0.3) is 49.9 Å². The van der Waals surface area contributed by atoms with Crippen molar-refractivity contribution in [1.29, 1.82) is 0 Å². The van der Waals surface area contributed by atoms with Crippen LogP contribution in [-0.4, -0.2) is 11.7 Å². The van der Waals surface area contributed by atoms with Crippen molar-refractivity contribution in [2.24, 2.45) is 4.99 Å². The van der Waals surface area contributed by atoms with E-state index in [4.69, 9.17) is 0 Å². The summed E-state index contributed by atoms with van der Waals surface area (Å²) >= 11 is 0. The number of aliphatic imine (C=N–C) groups is 1. The Labute approximate surface area is 301 Å². The van der Waals surface area contributed by atoms with Crippen molar-refractivity contribution in [3.05, 3.63) is 204 Å². The molecule has 2 aliphatic rings. The van der Waals surface area contributed by atoms with E-state index in [9.17, 15) is 0 Å². The van der Waals surface area contributed by atoms with E-state index in [1.165, 1.54) is 60.9 Å². The molecule has 0 saturated carbocycles. The van der Waals surface area contributed by atoms with E-state index in [1.54, 1.807) is 0 Å². The van der Waals surface area contributed by atoms with Crippen LogP contribution < -0.4 is 0 Å². The van der Waals surface area contributed by atoms with Crippen molar-refractivity contribution < 1.29 is 0 Å². The van der Waals surface area contributed by atoms with Crippen molar-refractivity contribution in [3.63, 3.8) is 0 Å². The lowest BCUT2D eigenvalue weighted by atomic mass is 9.77. The lowest BCUT2D eigenvalue weighted by Crippen LogP contribution is -2.08. The Hall–Kier alpha value is -6.12. The maximum Gasteiger partial charge on any atom is 0.0664 e. The van der Waals surface area contributed by atoms with Gasteiger partial charge in [-0.2, -0.15) is 0 Å². The highest BCUT2D eigenvalue weighted by atomic mass is 14.7. The standard InChI is InChI=1S/C49H40N2/c1-3-34-13-8-14-37-25-27-42(31-48(37)46-19-7-6-18-45(34)46)47(32-49(50-2)43-16-9-15-40(30-43)44-17-10-28-51-33-44)38-23-20-36(21-24-38)41-26-22-35-11-4-5-12-39(35)29-41/h3-13,15-24,26,28-33,47H,2,14,25,27H2,1H3/b13-8-,34-3+,49-32-. The van der Waals surface area contributed by atoms with Crippen molar-refractivity contribution in [1.82, 2.24) is 4.98 Å². The highest BCUT2D eigenvalue weighted by Crippen LogP contribution is 2.43. The summed E-state index contributed by atoms with van der Waals surface area (Å²) in [7, 11) is 0. The molecule has 8 rings (SSSR count). The van der Waals surface area contributed by atoms with Crippen LogP contribution in [0.15, 0.2) is 186 Å². The molecule has 2 heteroatoms. The van der Waals surface area contributed by atoms with Gasteiger partial charge in [0, 0.05) is 29.4 Å². The fourth-order valence-electron chi connectivity index (χ4n) is 7.61. The monoisotopic (exact) mass is 656 g/mol. The average molecular weight is 657 g/mol. The lowest BCUT2D eigenvalue weighted by molar-refractivity contribution is 0.814. The number of allylic oxidation sites excluding steroid dienone is 9. The van der Waals surface area contributed by atoms with Crippen molar-refractivity contribution >= 4 is 34.3 Å². The smallest absolute Gasteiger partial charge is 0.0664 e. The number of aromatic nitrogens is 1. The third kappa shape index (κ3) is 6.61. The molecule has 1 atom stereocenters. The van der Waals surface area contributed by atoms with Gasteiger partial charge in [0.1, 0.15) is 0 Å². The number of rotatable bonds is 7. The third-order valence-electron chi connectivity index (χ3n) is 10.3. The first-order valence-corrected chi connectivity index (χ1v) is 17.8. The van der Waals surface area contributed by atoms with Gasteiger partial charge in [0.15, 0.2) is 0 Å². The van der Waals surface area contributed by atoms with Crippen LogP contribution in [0, 0.1) is 0 Å². The molecule has 0 saturated heterocycles. The summed E-state index contributed by atoms with van der Waals surface area (Å²) in [6.07, 6.45) is 18.3. The molecule has 0 radical (unpaired) electrons. The number of nitrogens with zero attached hydrogens (tertiary/aromatic N) is 2. The summed E-state index contributed by atoms with van der Waals surface area (Å²) in [6, 6.07) is 45.9. The molecule has 2 aliphatic carbocycles. The van der Waals surface area contributed by atoms with Gasteiger partial charge in [0.2, 0.25) is 0 Å². The van der Waals surface area contributed by atoms with Crippen molar-refractivity contribution in [2.75, 3.05) is 0 Å². The molecule has 5 aromatic carbocycles. The molecular weight excluding hydrogens is 617 g/mol. The Kier molecular flexibility index (Phi) is 9.06. The lowest BCUT2D eigenvalue weighted by Gasteiger charge is -2.27. The maximum absolute atomic E-state index is 4.65. The molecule has 1 heterocycles. The zero-order chi connectivity index (χ0) is 34.6. The summed E-state index contributed by atoms with van der Waals surface area (Å²) in [6.45, 7) is 6.20. The zero-order valence-electron chi connectivity index (χ0n) is 29.0. The second kappa shape index (κ2) is 14.4. The molecule has 6 aromatic rings. The molecule has 1 unspecified atom stereocenters. The number of hydrogen-bond donors (Lipinski definition) is 0. The molecule has 246 valence electrons. The molecule has 51 heavy (non-hydrogen) atoms. The van der Waals surface area contributed by atoms with Gasteiger partial charge in [0.25, 0.3) is 0 Å². The normalized spacial score (nSPS) is 16.5. The Morgan fingerprint density at radius 3 is 2.29 bits per heavy atom. The fourth-order valence-corrected chi connectivity index (χ4v) is 7.61. The predicted molar refractivity (Wildman–Crippen MR) is 217 cm³/mol. The Balaban J connectivity index is 1.24. The van der Waals surface area contributed by atoms with Crippen LogP contribution in [-0.2, 0) is 0 Å². The van der Waals surface area contributed by atoms with Gasteiger partial charge >= 0.3 is 0 Å². The highest BCUT2D eigenvalue weighted by molar-refractivity contribution is 5.90. The van der Waals surface area contributed by atoms with E-state index in [0.717, 1.165) is 41.6 Å². The first-order chi connectivity index (χ1) is 25.2. The molecule has 0 fully saturated rings. The molecule has 0 bridgehead atoms. The summed E-state index contributed by atoms with van der Waals surface area (Å²) in [5, 5.41) is 2.51. The number of pyridine rings is 1. The largest absolute Gasteiger partial charge is 0.264 e. The first kappa shape index (κ1) is 32.1. The average Bonchev–Trinajstić information content (AvgIpc) is 3.20. The zero-order valence-corrected chi connectivity index (χ0v) is 29.0. The van der Waals surface area contributed by atoms with Gasteiger partial charge in [-0.25, -0.2) is 0 Å². The third-order valence-corrected chi connectivity index (χ3v) is 10.3. The molecule has 1 aromatic heterocycles. The molecule has 0 aliphatic heterocycles. The molecule has 0 N–H and O–H groups in total. The highest BCUT2D eigenvalue weighted by Gasteiger charge is 2.24. The molecule has 2 nitrogen and oxygen atoms in total. The topological polar surface area (TPSA) is 25.2 Å². The SMILES string of the molecule is C=N/C(=C\C(C1=CC2=C(C/C=C\C(=C/C)c3ccccc32)CC1)c1ccc(-c2ccc3ccccc3c2)cc1)c1cccc(-c2cccnc2)c1. The van der Waals surface area contributed by atoms with Gasteiger partial charge in [0.05, 0.1) is 5.70 Å². The molecular formula is C49H40N2. The maximum atomic E-state index is 4.65. The van der Waals surface area contributed by atoms with Crippen LogP contribution in [0.5, 0.6) is 0 Å². The summed E-state index contributed by atoms with van der Waals surface area (Å²) in [4.78, 5) is 9.00. The van der Waals surface area contributed by atoms with Gasteiger partial charge in [-0.1, -0.05) is 145 Å². The van der Waals surface area contributed by atoms with E-state index in [2.05, 4.69) is 175 Å². The molecule has 0 spiro atoms.